The molecule has 0 aliphatic carbocycles. The van der Waals surface area contributed by atoms with E-state index in [1.54, 1.807) is 27.7 Å². The van der Waals surface area contributed by atoms with Gasteiger partial charge in [-0.1, -0.05) is 6.85 Å². The van der Waals surface area contributed by atoms with Crippen molar-refractivity contribution in [1.82, 2.24) is 9.97 Å². The van der Waals surface area contributed by atoms with Crippen molar-refractivity contribution in [2.45, 2.75) is 58.5 Å². The highest BCUT2D eigenvalue weighted by Crippen LogP contribution is 2.36. The van der Waals surface area contributed by atoms with Gasteiger partial charge in [0.1, 0.15) is 5.82 Å². The average Bonchev–Trinajstić information content (AvgIpc) is 2.87. The summed E-state index contributed by atoms with van der Waals surface area (Å²) in [6.45, 7) is -4.51. The molecule has 2 aliphatic heterocycles. The molecule has 2 fully saturated rings. The molecule has 0 saturated carbocycles. The van der Waals surface area contributed by atoms with E-state index in [0.717, 1.165) is 0 Å². The van der Waals surface area contributed by atoms with E-state index in [1.165, 1.54) is 0 Å². The summed E-state index contributed by atoms with van der Waals surface area (Å²) in [4.78, 5) is 7.45. The molecule has 3 heterocycles. The summed E-state index contributed by atoms with van der Waals surface area (Å²) < 4.78 is 126. The van der Waals surface area contributed by atoms with Crippen LogP contribution in [0.15, 0.2) is 12.3 Å². The fourth-order valence-electron chi connectivity index (χ4n) is 1.85. The van der Waals surface area contributed by atoms with Crippen LogP contribution in [-0.4, -0.2) is 41.3 Å². The van der Waals surface area contributed by atoms with E-state index in [2.05, 4.69) is 9.97 Å². The predicted molar refractivity (Wildman–Crippen MR) is 88.4 cm³/mol. The maximum Gasteiger partial charge on any atom is 0.516 e. The summed E-state index contributed by atoms with van der Waals surface area (Å²) in [5.74, 6) is -4.94. The smallest absolute Gasteiger partial charge is 0.398 e. The van der Waals surface area contributed by atoms with E-state index < -0.39 is 80.6 Å². The number of nitrogens with zero attached hydrogens (tertiary/aromatic N) is 3. The Balaban J connectivity index is 2.30. The molecule has 0 unspecified atom stereocenters. The summed E-state index contributed by atoms with van der Waals surface area (Å²) in [5.41, 5.74) is -2.25. The summed E-state index contributed by atoms with van der Waals surface area (Å²) in [6, 6.07) is 0. The largest absolute Gasteiger partial charge is 0.516 e. The lowest BCUT2D eigenvalue weighted by molar-refractivity contribution is 0.00578. The first-order valence-electron chi connectivity index (χ1n) is 13.7. The molecule has 1 aromatic rings. The van der Waals surface area contributed by atoms with Crippen molar-refractivity contribution in [2.24, 2.45) is 5.89 Å². The van der Waals surface area contributed by atoms with Gasteiger partial charge in [0.2, 0.25) is 0 Å². The van der Waals surface area contributed by atoms with Crippen LogP contribution in [0.25, 0.3) is 0 Å². The fraction of sp³-hybridized carbons (Fsp3) is 0.750. The highest BCUT2D eigenvalue weighted by molar-refractivity contribution is 6.61. The number of hydrogen-bond acceptors (Lipinski definition) is 5. The van der Waals surface area contributed by atoms with E-state index in [4.69, 9.17) is 28.5 Å². The normalized spacial score (nSPS) is 45.3. The van der Waals surface area contributed by atoms with Crippen LogP contribution in [0.4, 0.5) is 5.82 Å². The summed E-state index contributed by atoms with van der Waals surface area (Å²) in [6.07, 6.45) is -9.40. The number of piperidine rings is 1. The minimum atomic E-state index is -3.92. The summed E-state index contributed by atoms with van der Waals surface area (Å²) in [7, 11) is -1.37. The highest BCUT2D eigenvalue weighted by Gasteiger charge is 2.52. The van der Waals surface area contributed by atoms with E-state index >= 15 is 0 Å². The Morgan fingerprint density at radius 2 is 1.95 bits per heavy atom. The molecule has 120 valence electrons. The van der Waals surface area contributed by atoms with Gasteiger partial charge in [0.25, 0.3) is 0 Å². The first-order valence-corrected chi connectivity index (χ1v) is 6.73. The molecule has 0 aromatic carbocycles. The van der Waals surface area contributed by atoms with Crippen molar-refractivity contribution >= 4 is 18.5 Å². The van der Waals surface area contributed by atoms with Gasteiger partial charge >= 0.3 is 7.12 Å². The second-order valence-electron chi connectivity index (χ2n) is 5.93. The maximum atomic E-state index is 8.43. The Bertz CT molecular complexity index is 1030. The third-order valence-corrected chi connectivity index (χ3v) is 3.83. The topological polar surface area (TPSA) is 47.5 Å². The SMILES string of the molecule is [2H]c1nc([2H])c(N2C([2H])([2H])C([2H])([2H])C([2H])(C([2H])([2H])[2H])C([2H])([2H])C2([2H])[2H])nc1B1OC(C)(C)C(C)(C)O1. The number of hydrogen-bond donors (Lipinski definition) is 0. The van der Waals surface area contributed by atoms with Crippen LogP contribution in [0.2, 0.25) is 0 Å². The minimum absolute atomic E-state index is 0.151. The van der Waals surface area contributed by atoms with Crippen molar-refractivity contribution in [3.05, 3.63) is 12.3 Å². The van der Waals surface area contributed by atoms with Crippen LogP contribution < -0.4 is 10.5 Å². The van der Waals surface area contributed by atoms with Gasteiger partial charge in [-0.15, -0.1) is 0 Å². The van der Waals surface area contributed by atoms with Crippen LogP contribution in [0.3, 0.4) is 0 Å². The summed E-state index contributed by atoms with van der Waals surface area (Å²) >= 11 is 0. The molecule has 0 N–H and O–H groups in total. The lowest BCUT2D eigenvalue weighted by Gasteiger charge is -2.32. The molecule has 2 aliphatic rings. The van der Waals surface area contributed by atoms with Gasteiger partial charge in [-0.05, 0) is 46.3 Å². The minimum Gasteiger partial charge on any atom is -0.398 e. The van der Waals surface area contributed by atoms with Gasteiger partial charge in [-0.2, -0.15) is 0 Å². The quantitative estimate of drug-likeness (QED) is 0.781. The van der Waals surface area contributed by atoms with Gasteiger partial charge in [0, 0.05) is 35.6 Å². The Morgan fingerprint density at radius 3 is 2.55 bits per heavy atom. The molecule has 1 aromatic heterocycles. The zero-order valence-corrected chi connectivity index (χ0v) is 12.7. The van der Waals surface area contributed by atoms with Crippen LogP contribution in [-0.2, 0) is 9.31 Å². The Labute approximate surface area is 153 Å². The van der Waals surface area contributed by atoms with Crippen LogP contribution in [0, 0.1) is 5.89 Å². The molecule has 5 nitrogen and oxygen atoms in total. The van der Waals surface area contributed by atoms with Crippen LogP contribution in [0.5, 0.6) is 0 Å². The van der Waals surface area contributed by atoms with E-state index in [-0.39, 0.29) is 4.90 Å². The molecule has 2 saturated heterocycles. The van der Waals surface area contributed by atoms with E-state index in [9.17, 15) is 0 Å². The number of rotatable bonds is 2. The lowest BCUT2D eigenvalue weighted by atomic mass is 9.85. The predicted octanol–water partition coefficient (Wildman–Crippen LogP) is 2.01. The second-order valence-corrected chi connectivity index (χ2v) is 5.93. The lowest BCUT2D eigenvalue weighted by Crippen LogP contribution is -2.41. The molecule has 0 amide bonds. The van der Waals surface area contributed by atoms with Crippen molar-refractivity contribution in [3.63, 3.8) is 0 Å². The second kappa shape index (κ2) is 5.50. The Morgan fingerprint density at radius 1 is 1.32 bits per heavy atom. The van der Waals surface area contributed by atoms with Crippen LogP contribution in [0.1, 0.15) is 66.5 Å². The highest BCUT2D eigenvalue weighted by atomic mass is 16.7. The zero-order valence-electron chi connectivity index (χ0n) is 26.7. The molecule has 0 atom stereocenters. The number of aromatic nitrogens is 2. The maximum absolute atomic E-state index is 8.43. The summed E-state index contributed by atoms with van der Waals surface area (Å²) in [5, 5.41) is 0. The standard InChI is InChI=1S/C16H26BN3O2/c1-12-6-8-20(9-7-12)14-11-18-10-13(19-14)17-21-15(2,3)16(4,5)22-17/h10-12H,6-9H2,1-5H3/i1D3,6D2,7D2,8D2,9D2,10D,11D,12D. The fourth-order valence-corrected chi connectivity index (χ4v) is 1.85. The third kappa shape index (κ3) is 2.86. The van der Waals surface area contributed by atoms with Crippen LogP contribution >= 0.6 is 0 Å². The van der Waals surface area contributed by atoms with Gasteiger partial charge in [0.05, 0.1) is 25.7 Å². The molecular formula is C16H26BN3O2. The van der Waals surface area contributed by atoms with E-state index in [0.29, 0.717) is 0 Å². The Kier molecular flexibility index (Phi) is 1.51. The monoisotopic (exact) mass is 317 g/mol. The molecule has 22 heavy (non-hydrogen) atoms. The first kappa shape index (κ1) is 6.06. The molecule has 0 bridgehead atoms. The van der Waals surface area contributed by atoms with Crippen molar-refractivity contribution < 1.29 is 28.5 Å². The molecule has 0 spiro atoms. The molecule has 3 rings (SSSR count). The first-order chi connectivity index (χ1) is 15.7. The van der Waals surface area contributed by atoms with Crippen molar-refractivity contribution in [1.29, 1.82) is 0 Å². The van der Waals surface area contributed by atoms with Gasteiger partial charge in [-0.25, -0.2) is 4.98 Å². The molecule has 6 heteroatoms. The Hall–Kier alpha value is -1.14. The van der Waals surface area contributed by atoms with Crippen molar-refractivity contribution in [2.75, 3.05) is 17.9 Å². The molecule has 0 radical (unpaired) electrons. The third-order valence-electron chi connectivity index (χ3n) is 3.83. The van der Waals surface area contributed by atoms with E-state index in [1.807, 2.05) is 0 Å². The van der Waals surface area contributed by atoms with Gasteiger partial charge in [-0.3, -0.25) is 4.98 Å². The molecular weight excluding hydrogens is 277 g/mol. The van der Waals surface area contributed by atoms with Gasteiger partial charge < -0.3 is 14.2 Å². The van der Waals surface area contributed by atoms with Gasteiger partial charge in [0.15, 0.2) is 0 Å². The van der Waals surface area contributed by atoms with Crippen molar-refractivity contribution in [3.8, 4) is 0 Å². The average molecular weight is 317 g/mol. The number of anilines is 1. The zero-order chi connectivity index (χ0) is 28.3.